The van der Waals surface area contributed by atoms with Gasteiger partial charge in [0.15, 0.2) is 0 Å². The molecule has 1 atom stereocenters. The third-order valence-electron chi connectivity index (χ3n) is 3.47. The summed E-state index contributed by atoms with van der Waals surface area (Å²) in [6.07, 6.45) is 0.761. The standard InChI is InChI=1S/C17H19BrFN/c1-3-20-16(14-9-5-4-7-12(14)2)11-13-8-6-10-15(19)17(13)18/h4-10,16,20H,3,11H2,1-2H3. The number of nitrogens with one attached hydrogen (secondary N) is 1. The Morgan fingerprint density at radius 2 is 1.90 bits per heavy atom. The third-order valence-corrected chi connectivity index (χ3v) is 4.36. The van der Waals surface area contributed by atoms with Gasteiger partial charge in [0, 0.05) is 6.04 Å². The highest BCUT2D eigenvalue weighted by Crippen LogP contribution is 2.27. The van der Waals surface area contributed by atoms with Crippen LogP contribution in [0, 0.1) is 12.7 Å². The topological polar surface area (TPSA) is 12.0 Å². The van der Waals surface area contributed by atoms with E-state index in [9.17, 15) is 4.39 Å². The Hall–Kier alpha value is -1.19. The molecule has 2 rings (SSSR count). The summed E-state index contributed by atoms with van der Waals surface area (Å²) in [5.74, 6) is -0.206. The van der Waals surface area contributed by atoms with E-state index < -0.39 is 0 Å². The number of benzene rings is 2. The first-order chi connectivity index (χ1) is 9.63. The number of halogens is 2. The normalized spacial score (nSPS) is 12.4. The van der Waals surface area contributed by atoms with Gasteiger partial charge in [0.05, 0.1) is 4.47 Å². The predicted molar refractivity (Wildman–Crippen MR) is 85.4 cm³/mol. The Kier molecular flexibility index (Phi) is 5.32. The fourth-order valence-corrected chi connectivity index (χ4v) is 2.87. The summed E-state index contributed by atoms with van der Waals surface area (Å²) in [6, 6.07) is 13.7. The van der Waals surface area contributed by atoms with Crippen molar-refractivity contribution in [1.29, 1.82) is 0 Å². The molecular weight excluding hydrogens is 317 g/mol. The number of hydrogen-bond acceptors (Lipinski definition) is 1. The minimum Gasteiger partial charge on any atom is -0.310 e. The smallest absolute Gasteiger partial charge is 0.137 e. The summed E-state index contributed by atoms with van der Waals surface area (Å²) < 4.78 is 14.2. The zero-order valence-electron chi connectivity index (χ0n) is 11.8. The van der Waals surface area contributed by atoms with Gasteiger partial charge in [-0.3, -0.25) is 0 Å². The van der Waals surface area contributed by atoms with Crippen LogP contribution in [0.25, 0.3) is 0 Å². The Morgan fingerprint density at radius 1 is 1.15 bits per heavy atom. The van der Waals surface area contributed by atoms with E-state index in [1.54, 1.807) is 6.07 Å². The minimum atomic E-state index is -0.206. The van der Waals surface area contributed by atoms with Crippen molar-refractivity contribution in [3.05, 3.63) is 69.4 Å². The first-order valence-corrected chi connectivity index (χ1v) is 7.64. The zero-order valence-corrected chi connectivity index (χ0v) is 13.4. The molecular formula is C17H19BrFN. The lowest BCUT2D eigenvalue weighted by atomic mass is 9.95. The Labute approximate surface area is 128 Å². The molecule has 2 aromatic carbocycles. The van der Waals surface area contributed by atoms with Gasteiger partial charge in [0.2, 0.25) is 0 Å². The van der Waals surface area contributed by atoms with Gasteiger partial charge in [-0.25, -0.2) is 4.39 Å². The summed E-state index contributed by atoms with van der Waals surface area (Å²) in [6.45, 7) is 5.08. The van der Waals surface area contributed by atoms with Gasteiger partial charge in [-0.15, -0.1) is 0 Å². The fraction of sp³-hybridized carbons (Fsp3) is 0.294. The van der Waals surface area contributed by atoms with Gasteiger partial charge in [0.25, 0.3) is 0 Å². The zero-order chi connectivity index (χ0) is 14.5. The van der Waals surface area contributed by atoms with Crippen LogP contribution in [-0.4, -0.2) is 6.54 Å². The van der Waals surface area contributed by atoms with Crippen molar-refractivity contribution in [1.82, 2.24) is 5.32 Å². The molecule has 20 heavy (non-hydrogen) atoms. The first-order valence-electron chi connectivity index (χ1n) is 6.85. The fourth-order valence-electron chi connectivity index (χ4n) is 2.44. The van der Waals surface area contributed by atoms with Gasteiger partial charge in [0.1, 0.15) is 5.82 Å². The number of rotatable bonds is 5. The molecule has 106 valence electrons. The molecule has 0 saturated carbocycles. The maximum Gasteiger partial charge on any atom is 0.137 e. The van der Waals surface area contributed by atoms with Gasteiger partial charge in [-0.2, -0.15) is 0 Å². The molecule has 0 spiro atoms. The van der Waals surface area contributed by atoms with E-state index >= 15 is 0 Å². The lowest BCUT2D eigenvalue weighted by Gasteiger charge is -2.21. The van der Waals surface area contributed by atoms with E-state index in [0.29, 0.717) is 4.47 Å². The highest BCUT2D eigenvalue weighted by atomic mass is 79.9. The summed E-state index contributed by atoms with van der Waals surface area (Å²) in [5.41, 5.74) is 3.51. The van der Waals surface area contributed by atoms with Crippen LogP contribution < -0.4 is 5.32 Å². The molecule has 0 aliphatic rings. The molecule has 0 radical (unpaired) electrons. The van der Waals surface area contributed by atoms with Crippen molar-refractivity contribution in [2.45, 2.75) is 26.3 Å². The van der Waals surface area contributed by atoms with E-state index in [1.807, 2.05) is 18.2 Å². The predicted octanol–water partition coefficient (Wildman–Crippen LogP) is 4.79. The number of aryl methyl sites for hydroxylation is 1. The van der Waals surface area contributed by atoms with E-state index in [4.69, 9.17) is 0 Å². The largest absolute Gasteiger partial charge is 0.310 e. The summed E-state index contributed by atoms with van der Waals surface area (Å²) in [7, 11) is 0. The van der Waals surface area contributed by atoms with E-state index in [-0.39, 0.29) is 11.9 Å². The lowest BCUT2D eigenvalue weighted by molar-refractivity contribution is 0.542. The number of hydrogen-bond donors (Lipinski definition) is 1. The molecule has 0 fully saturated rings. The van der Waals surface area contributed by atoms with E-state index in [1.165, 1.54) is 17.2 Å². The van der Waals surface area contributed by atoms with Crippen molar-refractivity contribution in [2.75, 3.05) is 6.54 Å². The van der Waals surface area contributed by atoms with Crippen molar-refractivity contribution >= 4 is 15.9 Å². The van der Waals surface area contributed by atoms with Gasteiger partial charge in [-0.1, -0.05) is 43.3 Å². The van der Waals surface area contributed by atoms with Crippen molar-refractivity contribution < 1.29 is 4.39 Å². The maximum atomic E-state index is 13.6. The summed E-state index contributed by atoms with van der Waals surface area (Å²) in [4.78, 5) is 0. The minimum absolute atomic E-state index is 0.194. The Balaban J connectivity index is 2.31. The summed E-state index contributed by atoms with van der Waals surface area (Å²) >= 11 is 3.35. The molecule has 0 aromatic heterocycles. The molecule has 0 aliphatic heterocycles. The molecule has 0 bridgehead atoms. The number of likely N-dealkylation sites (N-methyl/N-ethyl adjacent to an activating group) is 1. The average Bonchev–Trinajstić information content (AvgIpc) is 2.44. The maximum absolute atomic E-state index is 13.6. The molecule has 0 aliphatic carbocycles. The van der Waals surface area contributed by atoms with Crippen LogP contribution >= 0.6 is 15.9 Å². The van der Waals surface area contributed by atoms with Gasteiger partial charge in [-0.05, 0) is 58.6 Å². The Morgan fingerprint density at radius 3 is 2.60 bits per heavy atom. The Bertz CT molecular complexity index is 583. The lowest BCUT2D eigenvalue weighted by Crippen LogP contribution is -2.24. The van der Waals surface area contributed by atoms with E-state index in [2.05, 4.69) is 47.2 Å². The van der Waals surface area contributed by atoms with E-state index in [0.717, 1.165) is 18.5 Å². The van der Waals surface area contributed by atoms with Crippen molar-refractivity contribution in [2.24, 2.45) is 0 Å². The molecule has 1 nitrogen and oxygen atoms in total. The highest BCUT2D eigenvalue weighted by molar-refractivity contribution is 9.10. The van der Waals surface area contributed by atoms with Crippen LogP contribution in [-0.2, 0) is 6.42 Å². The second-order valence-corrected chi connectivity index (χ2v) is 5.68. The van der Waals surface area contributed by atoms with Crippen LogP contribution in [0.5, 0.6) is 0 Å². The van der Waals surface area contributed by atoms with Crippen LogP contribution in [0.15, 0.2) is 46.9 Å². The molecule has 0 saturated heterocycles. The summed E-state index contributed by atoms with van der Waals surface area (Å²) in [5, 5.41) is 3.49. The first kappa shape index (κ1) is 15.2. The SMILES string of the molecule is CCNC(Cc1cccc(F)c1Br)c1ccccc1C. The second kappa shape index (κ2) is 7.00. The van der Waals surface area contributed by atoms with Gasteiger partial charge >= 0.3 is 0 Å². The van der Waals surface area contributed by atoms with Crippen LogP contribution in [0.2, 0.25) is 0 Å². The molecule has 0 heterocycles. The van der Waals surface area contributed by atoms with Crippen molar-refractivity contribution in [3.63, 3.8) is 0 Å². The van der Waals surface area contributed by atoms with Crippen LogP contribution in [0.4, 0.5) is 4.39 Å². The van der Waals surface area contributed by atoms with Crippen LogP contribution in [0.3, 0.4) is 0 Å². The molecule has 3 heteroatoms. The average molecular weight is 336 g/mol. The third kappa shape index (κ3) is 3.47. The second-order valence-electron chi connectivity index (χ2n) is 4.88. The highest BCUT2D eigenvalue weighted by Gasteiger charge is 2.15. The molecule has 0 amide bonds. The molecule has 1 N–H and O–H groups in total. The van der Waals surface area contributed by atoms with Crippen LogP contribution in [0.1, 0.15) is 29.7 Å². The quantitative estimate of drug-likeness (QED) is 0.828. The molecule has 1 unspecified atom stereocenters. The van der Waals surface area contributed by atoms with Gasteiger partial charge < -0.3 is 5.32 Å². The monoisotopic (exact) mass is 335 g/mol. The molecule has 2 aromatic rings. The van der Waals surface area contributed by atoms with Crippen molar-refractivity contribution in [3.8, 4) is 0 Å².